The van der Waals surface area contributed by atoms with Crippen LogP contribution in [-0.2, 0) is 16.1 Å². The summed E-state index contributed by atoms with van der Waals surface area (Å²) in [6, 6.07) is 18.5. The van der Waals surface area contributed by atoms with E-state index >= 15 is 0 Å². The number of rotatable bonds is 5. The van der Waals surface area contributed by atoms with Gasteiger partial charge in [-0.05, 0) is 49.7 Å². The number of carbonyl (C=O) groups is 2. The first-order valence-corrected chi connectivity index (χ1v) is 10.6. The molecule has 7 heteroatoms. The lowest BCUT2D eigenvalue weighted by atomic mass is 10.1. The van der Waals surface area contributed by atoms with Gasteiger partial charge in [0.25, 0.3) is 5.91 Å². The van der Waals surface area contributed by atoms with Crippen LogP contribution in [0.1, 0.15) is 29.3 Å². The van der Waals surface area contributed by atoms with Crippen LogP contribution in [0, 0.1) is 13.8 Å². The predicted molar refractivity (Wildman–Crippen MR) is 123 cm³/mol. The summed E-state index contributed by atoms with van der Waals surface area (Å²) in [5, 5.41) is 2.96. The van der Waals surface area contributed by atoms with Crippen LogP contribution in [0.2, 0.25) is 0 Å². The van der Waals surface area contributed by atoms with Gasteiger partial charge in [0, 0.05) is 11.9 Å². The minimum atomic E-state index is -0.660. The van der Waals surface area contributed by atoms with Crippen molar-refractivity contribution in [3.8, 4) is 0 Å². The Bertz CT molecular complexity index is 1330. The Morgan fingerprint density at radius 3 is 2.66 bits per heavy atom. The number of hydrogen-bond acceptors (Lipinski definition) is 4. The van der Waals surface area contributed by atoms with Gasteiger partial charge in [-0.25, -0.2) is 4.98 Å². The first-order chi connectivity index (χ1) is 15.5. The molecule has 0 spiro atoms. The zero-order valence-electron chi connectivity index (χ0n) is 17.9. The summed E-state index contributed by atoms with van der Waals surface area (Å²) in [4.78, 5) is 37.1. The molecule has 2 aromatic heterocycles. The maximum absolute atomic E-state index is 13.4. The number of pyridine rings is 1. The number of para-hydroxylation sites is 2. The fourth-order valence-electron chi connectivity index (χ4n) is 4.23. The number of fused-ring (bicyclic) bond motifs is 3. The molecule has 1 aliphatic rings. The lowest BCUT2D eigenvalue weighted by Crippen LogP contribution is -2.31. The van der Waals surface area contributed by atoms with Crippen LogP contribution in [0.3, 0.4) is 0 Å². The van der Waals surface area contributed by atoms with E-state index in [9.17, 15) is 9.59 Å². The van der Waals surface area contributed by atoms with Gasteiger partial charge in [-0.1, -0.05) is 35.9 Å². The molecule has 0 fully saturated rings. The maximum Gasteiger partial charge on any atom is 0.253 e. The van der Waals surface area contributed by atoms with Gasteiger partial charge in [0.2, 0.25) is 11.9 Å². The minimum absolute atomic E-state index is 0.0260. The average Bonchev–Trinajstić information content (AvgIpc) is 3.27. The van der Waals surface area contributed by atoms with Crippen molar-refractivity contribution in [2.45, 2.75) is 32.9 Å². The molecule has 5 rings (SSSR count). The lowest BCUT2D eigenvalue weighted by molar-refractivity contribution is -0.124. The Kier molecular flexibility index (Phi) is 4.93. The van der Waals surface area contributed by atoms with Crippen LogP contribution >= 0.6 is 0 Å². The first kappa shape index (κ1) is 19.9. The Morgan fingerprint density at radius 2 is 1.88 bits per heavy atom. The monoisotopic (exact) mass is 425 g/mol. The van der Waals surface area contributed by atoms with E-state index in [4.69, 9.17) is 4.98 Å². The summed E-state index contributed by atoms with van der Waals surface area (Å²) >= 11 is 0. The van der Waals surface area contributed by atoms with Crippen LogP contribution < -0.4 is 10.2 Å². The standard InChI is InChI=1S/C25H23N5O2/c1-16-10-11-19(17(2)13-16)27-23(31)14-22-24(32)29(15-18-7-5-6-12-26-18)25-28-20-8-3-4-9-21(20)30(22)25/h3-13,22H,14-15H2,1-2H3,(H,27,31)/t22-/m1/s1. The smallest absolute Gasteiger partial charge is 0.253 e. The summed E-state index contributed by atoms with van der Waals surface area (Å²) in [5.41, 5.74) is 5.27. The van der Waals surface area contributed by atoms with E-state index in [1.54, 1.807) is 11.1 Å². The zero-order valence-corrected chi connectivity index (χ0v) is 17.9. The van der Waals surface area contributed by atoms with Crippen molar-refractivity contribution in [3.05, 3.63) is 83.7 Å². The van der Waals surface area contributed by atoms with E-state index in [2.05, 4.69) is 10.3 Å². The summed E-state index contributed by atoms with van der Waals surface area (Å²) in [5.74, 6) is 0.185. The summed E-state index contributed by atoms with van der Waals surface area (Å²) in [6.07, 6.45) is 1.73. The fraction of sp³-hybridized carbons (Fsp3) is 0.200. The largest absolute Gasteiger partial charge is 0.326 e. The van der Waals surface area contributed by atoms with Crippen molar-refractivity contribution >= 4 is 34.5 Å². The van der Waals surface area contributed by atoms with Gasteiger partial charge in [-0.15, -0.1) is 0 Å². The molecule has 0 saturated carbocycles. The maximum atomic E-state index is 13.4. The Hall–Kier alpha value is -4.00. The molecule has 3 heterocycles. The van der Waals surface area contributed by atoms with E-state index in [-0.39, 0.29) is 18.2 Å². The number of amides is 2. The highest BCUT2D eigenvalue weighted by Gasteiger charge is 2.41. The summed E-state index contributed by atoms with van der Waals surface area (Å²) in [7, 11) is 0. The highest BCUT2D eigenvalue weighted by Crippen LogP contribution is 2.37. The van der Waals surface area contributed by atoms with Gasteiger partial charge in [0.1, 0.15) is 6.04 Å². The van der Waals surface area contributed by atoms with Crippen molar-refractivity contribution in [2.75, 3.05) is 10.2 Å². The topological polar surface area (TPSA) is 80.1 Å². The fourth-order valence-corrected chi connectivity index (χ4v) is 4.23. The number of nitrogens with zero attached hydrogens (tertiary/aromatic N) is 4. The second-order valence-corrected chi connectivity index (χ2v) is 8.10. The van der Waals surface area contributed by atoms with Gasteiger partial charge in [-0.2, -0.15) is 0 Å². The highest BCUT2D eigenvalue weighted by molar-refractivity contribution is 6.05. The number of hydrogen-bond donors (Lipinski definition) is 1. The molecule has 160 valence electrons. The predicted octanol–water partition coefficient (Wildman–Crippen LogP) is 4.16. The molecule has 2 amide bonds. The van der Waals surface area contributed by atoms with Crippen LogP contribution in [0.4, 0.5) is 11.6 Å². The number of imidazole rings is 1. The van der Waals surface area contributed by atoms with Crippen molar-refractivity contribution in [1.29, 1.82) is 0 Å². The molecule has 32 heavy (non-hydrogen) atoms. The third-order valence-corrected chi connectivity index (χ3v) is 5.76. The van der Waals surface area contributed by atoms with Crippen LogP contribution in [0.5, 0.6) is 0 Å². The second-order valence-electron chi connectivity index (χ2n) is 8.10. The number of carbonyl (C=O) groups excluding carboxylic acids is 2. The molecule has 4 aromatic rings. The number of anilines is 2. The molecule has 7 nitrogen and oxygen atoms in total. The SMILES string of the molecule is Cc1ccc(NC(=O)C[C@@H]2C(=O)N(Cc3ccccn3)c3nc4ccccc4n32)c(C)c1. The van der Waals surface area contributed by atoms with E-state index in [1.807, 2.05) is 79.1 Å². The molecule has 1 aliphatic heterocycles. The summed E-state index contributed by atoms with van der Waals surface area (Å²) in [6.45, 7) is 4.27. The Labute approximate surface area is 185 Å². The van der Waals surface area contributed by atoms with Crippen LogP contribution in [0.25, 0.3) is 11.0 Å². The summed E-state index contributed by atoms with van der Waals surface area (Å²) < 4.78 is 1.88. The molecule has 0 unspecified atom stereocenters. The van der Waals surface area contributed by atoms with Crippen molar-refractivity contribution in [2.24, 2.45) is 0 Å². The number of aromatic nitrogens is 3. The normalized spacial score (nSPS) is 15.2. The molecule has 0 bridgehead atoms. The number of aryl methyl sites for hydroxylation is 2. The molecular weight excluding hydrogens is 402 g/mol. The van der Waals surface area contributed by atoms with Gasteiger partial charge in [-0.3, -0.25) is 24.0 Å². The number of benzene rings is 2. The van der Waals surface area contributed by atoms with Crippen LogP contribution in [-0.4, -0.2) is 26.3 Å². The second kappa shape index (κ2) is 7.92. The average molecular weight is 425 g/mol. The van der Waals surface area contributed by atoms with E-state index in [0.29, 0.717) is 12.5 Å². The molecule has 0 saturated heterocycles. The van der Waals surface area contributed by atoms with Crippen LogP contribution in [0.15, 0.2) is 66.9 Å². The molecular formula is C25H23N5O2. The molecule has 0 radical (unpaired) electrons. The quantitative estimate of drug-likeness (QED) is 0.521. The van der Waals surface area contributed by atoms with Gasteiger partial charge >= 0.3 is 0 Å². The van der Waals surface area contributed by atoms with Crippen molar-refractivity contribution in [1.82, 2.24) is 14.5 Å². The van der Waals surface area contributed by atoms with Gasteiger partial charge in [0.05, 0.1) is 29.7 Å². The zero-order chi connectivity index (χ0) is 22.2. The highest BCUT2D eigenvalue weighted by atomic mass is 16.2. The molecule has 1 N–H and O–H groups in total. The lowest BCUT2D eigenvalue weighted by Gasteiger charge is -2.16. The van der Waals surface area contributed by atoms with E-state index in [0.717, 1.165) is 33.5 Å². The van der Waals surface area contributed by atoms with Gasteiger partial charge < -0.3 is 5.32 Å². The minimum Gasteiger partial charge on any atom is -0.326 e. The third-order valence-electron chi connectivity index (χ3n) is 5.76. The first-order valence-electron chi connectivity index (χ1n) is 10.6. The van der Waals surface area contributed by atoms with Crippen molar-refractivity contribution < 1.29 is 9.59 Å². The van der Waals surface area contributed by atoms with E-state index < -0.39 is 6.04 Å². The Morgan fingerprint density at radius 1 is 1.06 bits per heavy atom. The molecule has 1 atom stereocenters. The Balaban J connectivity index is 1.47. The van der Waals surface area contributed by atoms with Gasteiger partial charge in [0.15, 0.2) is 0 Å². The van der Waals surface area contributed by atoms with Crippen molar-refractivity contribution in [3.63, 3.8) is 0 Å². The third kappa shape index (κ3) is 3.51. The van der Waals surface area contributed by atoms with E-state index in [1.165, 1.54) is 0 Å². The molecule has 0 aliphatic carbocycles. The molecule has 2 aromatic carbocycles. The number of nitrogens with one attached hydrogen (secondary N) is 1.